The highest BCUT2D eigenvalue weighted by atomic mass is 16.5. The zero-order valence-electron chi connectivity index (χ0n) is 8.37. The molecule has 0 unspecified atom stereocenters. The molecule has 4 nitrogen and oxygen atoms in total. The van der Waals surface area contributed by atoms with Crippen molar-refractivity contribution >= 4 is 5.91 Å². The van der Waals surface area contributed by atoms with Gasteiger partial charge in [-0.1, -0.05) is 0 Å². The van der Waals surface area contributed by atoms with Gasteiger partial charge in [0.2, 0.25) is 5.91 Å². The second kappa shape index (κ2) is 4.28. The molecule has 3 N–H and O–H groups in total. The monoisotopic (exact) mass is 198 g/mol. The van der Waals surface area contributed by atoms with Gasteiger partial charge >= 0.3 is 0 Å². The van der Waals surface area contributed by atoms with Gasteiger partial charge in [0, 0.05) is 12.6 Å². The van der Waals surface area contributed by atoms with Crippen LogP contribution in [0.5, 0.6) is 0 Å². The van der Waals surface area contributed by atoms with Crippen molar-refractivity contribution in [2.45, 2.75) is 37.8 Å². The maximum atomic E-state index is 11.2. The summed E-state index contributed by atoms with van der Waals surface area (Å²) in [5.74, 6) is 0.744. The summed E-state index contributed by atoms with van der Waals surface area (Å²) >= 11 is 0. The van der Waals surface area contributed by atoms with E-state index in [1.807, 2.05) is 0 Å². The third-order valence-corrected chi connectivity index (χ3v) is 2.87. The Balaban J connectivity index is 1.49. The molecule has 2 aliphatic carbocycles. The number of ether oxygens (including phenoxy) is 1. The van der Waals surface area contributed by atoms with Gasteiger partial charge in [-0.25, -0.2) is 0 Å². The molecular weight excluding hydrogens is 180 g/mol. The van der Waals surface area contributed by atoms with E-state index in [1.165, 1.54) is 12.8 Å². The van der Waals surface area contributed by atoms with Crippen LogP contribution in [-0.2, 0) is 9.53 Å². The van der Waals surface area contributed by atoms with E-state index < -0.39 is 0 Å². The number of rotatable bonds is 5. The molecular formula is C10H18N2O2. The molecule has 2 aliphatic rings. The van der Waals surface area contributed by atoms with Gasteiger partial charge in [-0.05, 0) is 31.6 Å². The van der Waals surface area contributed by atoms with Crippen LogP contribution < -0.4 is 11.1 Å². The number of nitrogens with one attached hydrogen (secondary N) is 1. The topological polar surface area (TPSA) is 64.3 Å². The maximum absolute atomic E-state index is 11.2. The molecule has 14 heavy (non-hydrogen) atoms. The predicted octanol–water partition coefficient (Wildman–Crippen LogP) is 0.0189. The molecule has 0 heterocycles. The molecule has 0 bridgehead atoms. The Hall–Kier alpha value is -0.610. The summed E-state index contributed by atoms with van der Waals surface area (Å²) in [5.41, 5.74) is 5.60. The minimum atomic E-state index is 0.0115. The first-order valence-electron chi connectivity index (χ1n) is 5.38. The lowest BCUT2D eigenvalue weighted by Crippen LogP contribution is -2.43. The first kappa shape index (κ1) is 9.93. The average Bonchev–Trinajstić information content (AvgIpc) is 2.90. The van der Waals surface area contributed by atoms with Gasteiger partial charge in [-0.2, -0.15) is 0 Å². The van der Waals surface area contributed by atoms with Gasteiger partial charge < -0.3 is 15.8 Å². The minimum absolute atomic E-state index is 0.0115. The summed E-state index contributed by atoms with van der Waals surface area (Å²) in [5, 5.41) is 2.86. The summed E-state index contributed by atoms with van der Waals surface area (Å²) in [6.07, 6.45) is 4.54. The van der Waals surface area contributed by atoms with Crippen molar-refractivity contribution < 1.29 is 9.53 Å². The van der Waals surface area contributed by atoms with Crippen LogP contribution in [0.1, 0.15) is 25.7 Å². The summed E-state index contributed by atoms with van der Waals surface area (Å²) in [4.78, 5) is 11.2. The predicted molar refractivity (Wildman–Crippen MR) is 52.7 cm³/mol. The van der Waals surface area contributed by atoms with Crippen LogP contribution in [-0.4, -0.2) is 31.2 Å². The molecule has 0 aromatic heterocycles. The second-order valence-corrected chi connectivity index (χ2v) is 4.41. The molecule has 0 radical (unpaired) electrons. The summed E-state index contributed by atoms with van der Waals surface area (Å²) < 4.78 is 5.37. The van der Waals surface area contributed by atoms with E-state index in [0.29, 0.717) is 0 Å². The fraction of sp³-hybridized carbons (Fsp3) is 0.900. The van der Waals surface area contributed by atoms with Crippen molar-refractivity contribution in [1.29, 1.82) is 0 Å². The lowest BCUT2D eigenvalue weighted by atomic mass is 9.90. The van der Waals surface area contributed by atoms with Gasteiger partial charge in [0.1, 0.15) is 6.61 Å². The Morgan fingerprint density at radius 2 is 2.14 bits per heavy atom. The normalized spacial score (nSPS) is 30.9. The standard InChI is InChI=1S/C10H18N2O2/c11-8-3-9(4-8)14-6-10(13)12-5-7-1-2-7/h7-9H,1-6,11H2,(H,12,13). The Kier molecular flexibility index (Phi) is 3.03. The zero-order valence-corrected chi connectivity index (χ0v) is 8.37. The lowest BCUT2D eigenvalue weighted by Gasteiger charge is -2.31. The van der Waals surface area contributed by atoms with Gasteiger partial charge in [-0.3, -0.25) is 4.79 Å². The summed E-state index contributed by atoms with van der Waals surface area (Å²) in [6.45, 7) is 1.02. The molecule has 2 fully saturated rings. The van der Waals surface area contributed by atoms with E-state index in [1.54, 1.807) is 0 Å². The third-order valence-electron chi connectivity index (χ3n) is 2.87. The number of carbonyl (C=O) groups is 1. The third kappa shape index (κ3) is 2.96. The van der Waals surface area contributed by atoms with Gasteiger partial charge in [-0.15, -0.1) is 0 Å². The first-order valence-corrected chi connectivity index (χ1v) is 5.38. The molecule has 0 atom stereocenters. The van der Waals surface area contributed by atoms with Gasteiger partial charge in [0.05, 0.1) is 6.10 Å². The van der Waals surface area contributed by atoms with Crippen LogP contribution in [0.4, 0.5) is 0 Å². The van der Waals surface area contributed by atoms with Crippen molar-refractivity contribution in [2.75, 3.05) is 13.2 Å². The molecule has 4 heteroatoms. The first-order chi connectivity index (χ1) is 6.74. The van der Waals surface area contributed by atoms with Crippen molar-refractivity contribution in [3.8, 4) is 0 Å². The molecule has 2 saturated carbocycles. The Morgan fingerprint density at radius 3 is 2.71 bits per heavy atom. The molecule has 0 aromatic carbocycles. The summed E-state index contributed by atoms with van der Waals surface area (Å²) in [6, 6.07) is 0.287. The lowest BCUT2D eigenvalue weighted by molar-refractivity contribution is -0.130. The molecule has 0 aromatic rings. The van der Waals surface area contributed by atoms with E-state index >= 15 is 0 Å². The highest BCUT2D eigenvalue weighted by Gasteiger charge is 2.27. The van der Waals surface area contributed by atoms with Crippen LogP contribution in [0.25, 0.3) is 0 Å². The van der Waals surface area contributed by atoms with E-state index in [-0.39, 0.29) is 24.7 Å². The minimum Gasteiger partial charge on any atom is -0.368 e. The van der Waals surface area contributed by atoms with Crippen LogP contribution in [0.15, 0.2) is 0 Å². The van der Waals surface area contributed by atoms with Crippen molar-refractivity contribution in [2.24, 2.45) is 11.7 Å². The Bertz CT molecular complexity index is 210. The van der Waals surface area contributed by atoms with E-state index in [0.717, 1.165) is 25.3 Å². The van der Waals surface area contributed by atoms with Crippen LogP contribution in [0, 0.1) is 5.92 Å². The van der Waals surface area contributed by atoms with Crippen molar-refractivity contribution in [1.82, 2.24) is 5.32 Å². The SMILES string of the molecule is NC1CC(OCC(=O)NCC2CC2)C1. The molecule has 0 aliphatic heterocycles. The van der Waals surface area contributed by atoms with Crippen molar-refractivity contribution in [3.63, 3.8) is 0 Å². The quantitative estimate of drug-likeness (QED) is 0.654. The largest absolute Gasteiger partial charge is 0.368 e. The van der Waals surface area contributed by atoms with Gasteiger partial charge in [0.15, 0.2) is 0 Å². The number of hydrogen-bond acceptors (Lipinski definition) is 3. The number of nitrogens with two attached hydrogens (primary N) is 1. The van der Waals surface area contributed by atoms with E-state index in [4.69, 9.17) is 10.5 Å². The second-order valence-electron chi connectivity index (χ2n) is 4.41. The highest BCUT2D eigenvalue weighted by molar-refractivity contribution is 5.77. The molecule has 80 valence electrons. The van der Waals surface area contributed by atoms with Crippen LogP contribution in [0.2, 0.25) is 0 Å². The number of carbonyl (C=O) groups excluding carboxylic acids is 1. The molecule has 0 spiro atoms. The fourth-order valence-electron chi connectivity index (χ4n) is 1.57. The summed E-state index contributed by atoms with van der Waals surface area (Å²) in [7, 11) is 0. The number of amides is 1. The smallest absolute Gasteiger partial charge is 0.246 e. The Labute approximate surface area is 84.2 Å². The van der Waals surface area contributed by atoms with Crippen molar-refractivity contribution in [3.05, 3.63) is 0 Å². The average molecular weight is 198 g/mol. The zero-order chi connectivity index (χ0) is 9.97. The van der Waals surface area contributed by atoms with Crippen LogP contribution >= 0.6 is 0 Å². The van der Waals surface area contributed by atoms with Crippen LogP contribution in [0.3, 0.4) is 0 Å². The van der Waals surface area contributed by atoms with E-state index in [2.05, 4.69) is 5.32 Å². The maximum Gasteiger partial charge on any atom is 0.246 e. The molecule has 1 amide bonds. The fourth-order valence-corrected chi connectivity index (χ4v) is 1.57. The molecule has 0 saturated heterocycles. The Morgan fingerprint density at radius 1 is 1.43 bits per heavy atom. The van der Waals surface area contributed by atoms with E-state index in [9.17, 15) is 4.79 Å². The number of hydrogen-bond donors (Lipinski definition) is 2. The highest BCUT2D eigenvalue weighted by Crippen LogP contribution is 2.27. The molecule has 2 rings (SSSR count). The van der Waals surface area contributed by atoms with Gasteiger partial charge in [0.25, 0.3) is 0 Å².